The summed E-state index contributed by atoms with van der Waals surface area (Å²) in [5.74, 6) is -1.09. The molecule has 1 aromatic rings. The van der Waals surface area contributed by atoms with Gasteiger partial charge in [0, 0.05) is 37.3 Å². The summed E-state index contributed by atoms with van der Waals surface area (Å²) in [5, 5.41) is 38.8. The second-order valence-electron chi connectivity index (χ2n) is 9.45. The van der Waals surface area contributed by atoms with Crippen LogP contribution in [0.15, 0.2) is 60.6 Å². The van der Waals surface area contributed by atoms with Gasteiger partial charge in [0.25, 0.3) is 5.97 Å². The fourth-order valence-corrected chi connectivity index (χ4v) is 4.44. The van der Waals surface area contributed by atoms with E-state index in [4.69, 9.17) is 31.0 Å². The first-order valence-corrected chi connectivity index (χ1v) is 14.0. The summed E-state index contributed by atoms with van der Waals surface area (Å²) < 4.78 is 10.7. The highest BCUT2D eigenvalue weighted by molar-refractivity contribution is 6.30. The molecule has 1 fully saturated rings. The first kappa shape index (κ1) is 35.2. The molecule has 4 atom stereocenters. The number of ether oxygens (including phenoxy) is 2. The molecule has 0 saturated heterocycles. The number of hydrogen-bond donors (Lipinski definition) is 4. The molecule has 4 unspecified atom stereocenters. The highest BCUT2D eigenvalue weighted by Crippen LogP contribution is 2.36. The van der Waals surface area contributed by atoms with E-state index < -0.39 is 18.2 Å². The molecule has 1 aliphatic carbocycles. The van der Waals surface area contributed by atoms with Crippen molar-refractivity contribution in [2.75, 3.05) is 26.2 Å². The van der Waals surface area contributed by atoms with Crippen LogP contribution in [0, 0.1) is 11.8 Å². The van der Waals surface area contributed by atoms with Gasteiger partial charge in [-0.1, -0.05) is 49.7 Å². The smallest absolute Gasteiger partial charge is 0.305 e. The standard InChI is InChI=1S/C28H40ClNO6.C2H4O2/c1-3-30(4-2)16-17-35-28(34)13-8-6-5-7-12-24-25(27(33)19-26(24)32)15-14-22(31)20-36-23-11-9-10-21(29)18-23;1-2(3)4/h5,7,9-11,14-15,18,20,24-27,31-33H,3-4,6,8,12-13,16-17,19H2,1-2H3;1H3,(H,3,4). The second-order valence-corrected chi connectivity index (χ2v) is 9.89. The lowest BCUT2D eigenvalue weighted by Crippen LogP contribution is -2.27. The lowest BCUT2D eigenvalue weighted by atomic mass is 9.90. The lowest BCUT2D eigenvalue weighted by molar-refractivity contribution is -0.144. The predicted octanol–water partition coefficient (Wildman–Crippen LogP) is 5.12. The Labute approximate surface area is 242 Å². The van der Waals surface area contributed by atoms with Gasteiger partial charge in [-0.05, 0) is 62.5 Å². The van der Waals surface area contributed by atoms with Crippen molar-refractivity contribution in [2.24, 2.45) is 11.8 Å². The highest BCUT2D eigenvalue weighted by atomic mass is 35.5. The number of hydrogen-bond acceptors (Lipinski definition) is 8. The minimum Gasteiger partial charge on any atom is -0.505 e. The Balaban J connectivity index is 0.00000187. The summed E-state index contributed by atoms with van der Waals surface area (Å²) in [7, 11) is 0. The molecule has 0 aromatic heterocycles. The maximum atomic E-state index is 11.9. The van der Waals surface area contributed by atoms with Gasteiger partial charge in [0.2, 0.25) is 0 Å². The van der Waals surface area contributed by atoms with Gasteiger partial charge in [0.05, 0.1) is 12.2 Å². The fourth-order valence-electron chi connectivity index (χ4n) is 4.26. The molecule has 40 heavy (non-hydrogen) atoms. The zero-order valence-corrected chi connectivity index (χ0v) is 24.4. The molecule has 4 N–H and O–H groups in total. The number of nitrogens with zero attached hydrogens (tertiary/aromatic N) is 1. The second kappa shape index (κ2) is 20.1. The quantitative estimate of drug-likeness (QED) is 0.0730. The lowest BCUT2D eigenvalue weighted by Gasteiger charge is -2.19. The van der Waals surface area contributed by atoms with Crippen LogP contribution in [0.25, 0.3) is 0 Å². The number of carboxylic acids is 1. The van der Waals surface area contributed by atoms with Gasteiger partial charge in [-0.25, -0.2) is 0 Å². The molecule has 1 aliphatic rings. The molecule has 1 saturated carbocycles. The van der Waals surface area contributed by atoms with Crippen LogP contribution in [0.3, 0.4) is 0 Å². The molecule has 0 spiro atoms. The number of unbranched alkanes of at least 4 members (excludes halogenated alkanes) is 1. The van der Waals surface area contributed by atoms with E-state index in [9.17, 15) is 20.1 Å². The number of benzene rings is 1. The van der Waals surface area contributed by atoms with Gasteiger partial charge in [-0.2, -0.15) is 0 Å². The van der Waals surface area contributed by atoms with Crippen molar-refractivity contribution < 1.29 is 39.5 Å². The van der Waals surface area contributed by atoms with E-state index in [-0.39, 0.29) is 30.0 Å². The van der Waals surface area contributed by atoms with Gasteiger partial charge in [0.1, 0.15) is 24.4 Å². The summed E-state index contributed by atoms with van der Waals surface area (Å²) in [6, 6.07) is 6.82. The van der Waals surface area contributed by atoms with Gasteiger partial charge < -0.3 is 34.8 Å². The normalized spacial score (nSPS) is 21.0. The number of carbonyl (C=O) groups is 2. The summed E-state index contributed by atoms with van der Waals surface area (Å²) in [6.07, 6.45) is 9.73. The molecule has 10 heteroatoms. The third-order valence-corrected chi connectivity index (χ3v) is 6.64. The van der Waals surface area contributed by atoms with E-state index in [1.165, 1.54) is 12.3 Å². The van der Waals surface area contributed by atoms with E-state index in [0.29, 0.717) is 36.6 Å². The number of aliphatic carboxylic acids is 1. The van der Waals surface area contributed by atoms with Crippen molar-refractivity contribution in [3.63, 3.8) is 0 Å². The van der Waals surface area contributed by atoms with Crippen LogP contribution in [-0.2, 0) is 14.3 Å². The first-order valence-electron chi connectivity index (χ1n) is 13.6. The third-order valence-electron chi connectivity index (χ3n) is 6.41. The van der Waals surface area contributed by atoms with Gasteiger partial charge in [-0.15, -0.1) is 0 Å². The van der Waals surface area contributed by atoms with Gasteiger partial charge in [-0.3, -0.25) is 9.59 Å². The number of aliphatic hydroxyl groups is 3. The number of halogens is 1. The molecular formula is C30H44ClNO8. The zero-order valence-electron chi connectivity index (χ0n) is 23.6. The Hall–Kier alpha value is -2.85. The summed E-state index contributed by atoms with van der Waals surface area (Å²) in [5.41, 5.74) is 0. The van der Waals surface area contributed by atoms with Gasteiger partial charge >= 0.3 is 5.97 Å². The Kier molecular flexibility index (Phi) is 17.7. The largest absolute Gasteiger partial charge is 0.505 e. The minimum atomic E-state index is -0.833. The number of carbonyl (C=O) groups excluding carboxylic acids is 1. The zero-order chi connectivity index (χ0) is 29.9. The summed E-state index contributed by atoms with van der Waals surface area (Å²) in [4.78, 5) is 23.1. The first-order chi connectivity index (χ1) is 19.1. The van der Waals surface area contributed by atoms with E-state index in [1.807, 2.05) is 12.2 Å². The van der Waals surface area contributed by atoms with E-state index in [2.05, 4.69) is 18.7 Å². The van der Waals surface area contributed by atoms with Crippen LogP contribution in [0.2, 0.25) is 5.02 Å². The molecule has 0 heterocycles. The maximum Gasteiger partial charge on any atom is 0.305 e. The maximum absolute atomic E-state index is 11.9. The number of rotatable bonds is 15. The van der Waals surface area contributed by atoms with Crippen LogP contribution in [0.5, 0.6) is 5.75 Å². The number of aliphatic hydroxyl groups excluding tert-OH is 3. The number of allylic oxidation sites excluding steroid dienone is 3. The van der Waals surface area contributed by atoms with Crippen molar-refractivity contribution >= 4 is 23.5 Å². The van der Waals surface area contributed by atoms with Crippen molar-refractivity contribution in [3.05, 3.63) is 65.6 Å². The topological polar surface area (TPSA) is 137 Å². The van der Waals surface area contributed by atoms with Crippen LogP contribution in [-0.4, -0.2) is 75.7 Å². The molecule has 0 amide bonds. The Morgan fingerprint density at radius 3 is 2.48 bits per heavy atom. The molecular weight excluding hydrogens is 538 g/mol. The average Bonchev–Trinajstić information content (AvgIpc) is 3.17. The number of likely N-dealkylation sites (N-methyl/N-ethyl adjacent to an activating group) is 1. The molecule has 224 valence electrons. The van der Waals surface area contributed by atoms with Crippen LogP contribution < -0.4 is 4.74 Å². The van der Waals surface area contributed by atoms with Crippen molar-refractivity contribution in [1.82, 2.24) is 4.90 Å². The Morgan fingerprint density at radius 1 is 1.12 bits per heavy atom. The van der Waals surface area contributed by atoms with Crippen molar-refractivity contribution in [1.29, 1.82) is 0 Å². The summed E-state index contributed by atoms with van der Waals surface area (Å²) >= 11 is 5.92. The molecule has 0 bridgehead atoms. The number of esters is 1. The SMILES string of the molecule is CC(=O)O.CCN(CC)CCOC(=O)CCCC=CCC1C(O)CC(O)C1C=CC(O)=COc1cccc(Cl)c1. The molecule has 1 aromatic carbocycles. The number of carboxylic acid groups (broad SMARTS) is 1. The predicted molar refractivity (Wildman–Crippen MR) is 155 cm³/mol. The van der Waals surface area contributed by atoms with Crippen LogP contribution >= 0.6 is 11.6 Å². The fraction of sp³-hybridized carbons (Fsp3) is 0.533. The molecule has 9 nitrogen and oxygen atoms in total. The van der Waals surface area contributed by atoms with Crippen LogP contribution in [0.4, 0.5) is 0 Å². The van der Waals surface area contributed by atoms with Crippen molar-refractivity contribution in [2.45, 2.75) is 65.1 Å². The Bertz CT molecular complexity index is 972. The highest BCUT2D eigenvalue weighted by Gasteiger charge is 2.39. The molecule has 2 rings (SSSR count). The summed E-state index contributed by atoms with van der Waals surface area (Å²) in [6.45, 7) is 8.32. The van der Waals surface area contributed by atoms with Gasteiger partial charge in [0.15, 0.2) is 0 Å². The van der Waals surface area contributed by atoms with E-state index in [1.54, 1.807) is 30.3 Å². The van der Waals surface area contributed by atoms with Crippen molar-refractivity contribution in [3.8, 4) is 5.75 Å². The average molecular weight is 582 g/mol. The molecule has 0 aliphatic heterocycles. The Morgan fingerprint density at radius 2 is 1.82 bits per heavy atom. The monoisotopic (exact) mass is 581 g/mol. The van der Waals surface area contributed by atoms with E-state index in [0.717, 1.165) is 33.0 Å². The van der Waals surface area contributed by atoms with E-state index >= 15 is 0 Å². The third kappa shape index (κ3) is 15.1. The minimum absolute atomic E-state index is 0.109. The van der Waals surface area contributed by atoms with Crippen LogP contribution in [0.1, 0.15) is 52.9 Å². The molecule has 0 radical (unpaired) electrons.